The number of rotatable bonds is 16. The topological polar surface area (TPSA) is 78.9 Å². The van der Waals surface area contributed by atoms with Crippen molar-refractivity contribution in [3.05, 3.63) is 23.9 Å². The van der Waals surface area contributed by atoms with Gasteiger partial charge in [-0.25, -0.2) is 4.98 Å². The third-order valence-electron chi connectivity index (χ3n) is 3.55. The molecule has 7 heteroatoms. The fourth-order valence-electron chi connectivity index (χ4n) is 2.11. The molecule has 0 saturated heterocycles. The second-order valence-corrected chi connectivity index (χ2v) is 6.63. The van der Waals surface area contributed by atoms with Gasteiger partial charge in [0.25, 0.3) is 0 Å². The lowest BCUT2D eigenvalue weighted by atomic mass is 10.0. The lowest BCUT2D eigenvalue weighted by Crippen LogP contribution is -2.15. The van der Waals surface area contributed by atoms with Crippen molar-refractivity contribution in [3.8, 4) is 0 Å². The molecule has 1 rings (SSSR count). The molecule has 7 nitrogen and oxygen atoms in total. The van der Waals surface area contributed by atoms with Crippen LogP contribution in [-0.4, -0.2) is 69.7 Å². The van der Waals surface area contributed by atoms with Crippen molar-refractivity contribution in [2.45, 2.75) is 33.8 Å². The summed E-state index contributed by atoms with van der Waals surface area (Å²) in [5.74, 6) is 0.812. The fraction of sp³-hybridized carbons (Fsp3) is 0.700. The van der Waals surface area contributed by atoms with Crippen LogP contribution in [0.25, 0.3) is 0 Å². The molecule has 0 bridgehead atoms. The number of nitrogens with zero attached hydrogens (tertiary/aromatic N) is 1. The van der Waals surface area contributed by atoms with Crippen LogP contribution in [0.1, 0.15) is 38.1 Å². The van der Waals surface area contributed by atoms with E-state index in [1.54, 1.807) is 12.3 Å². The summed E-state index contributed by atoms with van der Waals surface area (Å²) in [5.41, 5.74) is 0.639. The number of ketones is 1. The van der Waals surface area contributed by atoms with Gasteiger partial charge >= 0.3 is 0 Å². The fourth-order valence-corrected chi connectivity index (χ4v) is 2.11. The molecular formula is C20H34N2O5. The minimum atomic E-state index is -0.0216. The van der Waals surface area contributed by atoms with Crippen LogP contribution in [0.15, 0.2) is 18.3 Å². The van der Waals surface area contributed by atoms with Gasteiger partial charge in [-0.1, -0.05) is 13.8 Å². The summed E-state index contributed by atoms with van der Waals surface area (Å²) in [5, 5.41) is 3.16. The first-order valence-electron chi connectivity index (χ1n) is 9.59. The number of nitrogens with one attached hydrogen (secondary N) is 1. The zero-order valence-electron chi connectivity index (χ0n) is 17.0. The summed E-state index contributed by atoms with van der Waals surface area (Å²) in [7, 11) is 0. The molecular weight excluding hydrogens is 348 g/mol. The average molecular weight is 383 g/mol. The highest BCUT2D eigenvalue weighted by molar-refractivity contribution is 5.97. The predicted octanol–water partition coefficient (Wildman–Crippen LogP) is 2.81. The van der Waals surface area contributed by atoms with E-state index < -0.39 is 0 Å². The number of Topliss-reactive ketones (excluding diaryl/α,β-unsaturated/α-hetero) is 1. The van der Waals surface area contributed by atoms with Crippen LogP contribution in [0.2, 0.25) is 0 Å². The van der Waals surface area contributed by atoms with Crippen molar-refractivity contribution in [2.24, 2.45) is 5.92 Å². The first kappa shape index (κ1) is 23.5. The number of pyridine rings is 1. The lowest BCUT2D eigenvalue weighted by molar-refractivity contribution is -0.0110. The molecule has 0 radical (unpaired) electrons. The van der Waals surface area contributed by atoms with Gasteiger partial charge in [-0.2, -0.15) is 0 Å². The monoisotopic (exact) mass is 382 g/mol. The highest BCUT2D eigenvalue weighted by Gasteiger charge is 2.10. The molecule has 1 aromatic rings. The number of aromatic nitrogens is 1. The molecule has 0 saturated carbocycles. The van der Waals surface area contributed by atoms with E-state index >= 15 is 0 Å². The summed E-state index contributed by atoms with van der Waals surface area (Å²) in [4.78, 5) is 16.1. The molecule has 0 aromatic carbocycles. The summed E-state index contributed by atoms with van der Waals surface area (Å²) in [6.07, 6.45) is 1.84. The van der Waals surface area contributed by atoms with Crippen molar-refractivity contribution < 1.29 is 23.7 Å². The molecule has 0 aliphatic heterocycles. The lowest BCUT2D eigenvalue weighted by Gasteiger charge is -2.09. The Kier molecular flexibility index (Phi) is 12.6. The third kappa shape index (κ3) is 11.7. The van der Waals surface area contributed by atoms with Gasteiger partial charge in [0.2, 0.25) is 0 Å². The molecule has 1 N–H and O–H groups in total. The number of carbonyl (C=O) groups excluding carboxylic acids is 1. The van der Waals surface area contributed by atoms with Crippen LogP contribution in [0, 0.1) is 5.92 Å². The van der Waals surface area contributed by atoms with E-state index in [1.807, 2.05) is 33.8 Å². The van der Waals surface area contributed by atoms with Crippen LogP contribution in [0.4, 0.5) is 5.82 Å². The Morgan fingerprint density at radius 2 is 1.52 bits per heavy atom. The van der Waals surface area contributed by atoms with Crippen molar-refractivity contribution in [1.29, 1.82) is 0 Å². The molecule has 0 unspecified atom stereocenters. The Morgan fingerprint density at radius 3 is 2.04 bits per heavy atom. The maximum absolute atomic E-state index is 11.8. The van der Waals surface area contributed by atoms with Gasteiger partial charge in [0.1, 0.15) is 5.82 Å². The standard InChI is InChI=1S/C20H34N2O5/c1-16(2)20(23)18-5-6-19(22-15-18)21-7-8-24-9-10-25-11-12-26-13-14-27-17(3)4/h5-6,15-17H,7-14H2,1-4H3,(H,21,22). The van der Waals surface area contributed by atoms with E-state index in [1.165, 1.54) is 0 Å². The molecule has 1 aromatic heterocycles. The van der Waals surface area contributed by atoms with Crippen molar-refractivity contribution in [1.82, 2.24) is 4.98 Å². The van der Waals surface area contributed by atoms with E-state index in [0.717, 1.165) is 5.82 Å². The molecule has 0 spiro atoms. The molecule has 154 valence electrons. The van der Waals surface area contributed by atoms with Gasteiger partial charge in [-0.15, -0.1) is 0 Å². The van der Waals surface area contributed by atoms with E-state index in [0.29, 0.717) is 58.4 Å². The minimum absolute atomic E-state index is 0.0216. The van der Waals surface area contributed by atoms with Crippen LogP contribution in [-0.2, 0) is 18.9 Å². The number of ether oxygens (including phenoxy) is 4. The third-order valence-corrected chi connectivity index (χ3v) is 3.55. The Hall–Kier alpha value is -1.54. The first-order chi connectivity index (χ1) is 13.0. The van der Waals surface area contributed by atoms with Crippen molar-refractivity contribution in [2.75, 3.05) is 58.1 Å². The van der Waals surface area contributed by atoms with Gasteiger partial charge < -0.3 is 24.3 Å². The molecule has 0 atom stereocenters. The SMILES string of the molecule is CC(C)OCCOCCOCCOCCNc1ccc(C(=O)C(C)C)cn1. The molecule has 0 fully saturated rings. The molecule has 1 heterocycles. The zero-order chi connectivity index (χ0) is 19.9. The Bertz CT molecular complexity index is 506. The number of hydrogen-bond donors (Lipinski definition) is 1. The second-order valence-electron chi connectivity index (χ2n) is 6.63. The summed E-state index contributed by atoms with van der Waals surface area (Å²) < 4.78 is 21.7. The quantitative estimate of drug-likeness (QED) is 0.348. The average Bonchev–Trinajstić information content (AvgIpc) is 2.65. The van der Waals surface area contributed by atoms with Gasteiger partial charge in [0.05, 0.1) is 52.4 Å². The van der Waals surface area contributed by atoms with E-state index in [2.05, 4.69) is 10.3 Å². The smallest absolute Gasteiger partial charge is 0.166 e. The van der Waals surface area contributed by atoms with Gasteiger partial charge in [-0.3, -0.25) is 4.79 Å². The van der Waals surface area contributed by atoms with Crippen LogP contribution < -0.4 is 5.32 Å². The maximum Gasteiger partial charge on any atom is 0.166 e. The first-order valence-corrected chi connectivity index (χ1v) is 9.59. The minimum Gasteiger partial charge on any atom is -0.377 e. The Morgan fingerprint density at radius 1 is 0.926 bits per heavy atom. The summed E-state index contributed by atoms with van der Waals surface area (Å²) in [6, 6.07) is 3.61. The Balaban J connectivity index is 1.94. The highest BCUT2D eigenvalue weighted by Crippen LogP contribution is 2.09. The summed E-state index contributed by atoms with van der Waals surface area (Å²) in [6.45, 7) is 12.3. The number of anilines is 1. The highest BCUT2D eigenvalue weighted by atomic mass is 16.6. The maximum atomic E-state index is 11.8. The van der Waals surface area contributed by atoms with Crippen molar-refractivity contribution >= 4 is 11.6 Å². The van der Waals surface area contributed by atoms with Crippen LogP contribution in [0.3, 0.4) is 0 Å². The van der Waals surface area contributed by atoms with E-state index in [4.69, 9.17) is 18.9 Å². The number of carbonyl (C=O) groups is 1. The van der Waals surface area contributed by atoms with E-state index in [9.17, 15) is 4.79 Å². The largest absolute Gasteiger partial charge is 0.377 e. The van der Waals surface area contributed by atoms with Crippen LogP contribution >= 0.6 is 0 Å². The van der Waals surface area contributed by atoms with Gasteiger partial charge in [0, 0.05) is 24.2 Å². The number of hydrogen-bond acceptors (Lipinski definition) is 7. The molecule has 0 aliphatic rings. The van der Waals surface area contributed by atoms with E-state index in [-0.39, 0.29) is 17.8 Å². The predicted molar refractivity (Wildman–Crippen MR) is 105 cm³/mol. The summed E-state index contributed by atoms with van der Waals surface area (Å²) >= 11 is 0. The van der Waals surface area contributed by atoms with Gasteiger partial charge in [0.15, 0.2) is 5.78 Å². The van der Waals surface area contributed by atoms with Crippen molar-refractivity contribution in [3.63, 3.8) is 0 Å². The molecule has 0 amide bonds. The van der Waals surface area contributed by atoms with Crippen LogP contribution in [0.5, 0.6) is 0 Å². The normalized spacial score (nSPS) is 11.3. The Labute approximate surface area is 162 Å². The zero-order valence-corrected chi connectivity index (χ0v) is 17.0. The van der Waals surface area contributed by atoms with Gasteiger partial charge in [-0.05, 0) is 26.0 Å². The molecule has 0 aliphatic carbocycles. The second kappa shape index (κ2) is 14.5. The molecule has 27 heavy (non-hydrogen) atoms.